The van der Waals surface area contributed by atoms with E-state index in [0.29, 0.717) is 23.4 Å². The van der Waals surface area contributed by atoms with Gasteiger partial charge in [-0.3, -0.25) is 0 Å². The summed E-state index contributed by atoms with van der Waals surface area (Å²) in [5, 5.41) is 10.2. The third kappa shape index (κ3) is 4.23. The molecule has 0 atom stereocenters. The fraction of sp³-hybridized carbons (Fsp3) is 0.200. The van der Waals surface area contributed by atoms with Crippen LogP contribution in [0.25, 0.3) is 0 Å². The number of aromatic hydroxyl groups is 1. The van der Waals surface area contributed by atoms with E-state index >= 15 is 0 Å². The number of nitrogen functional groups attached to an aromatic ring is 1. The monoisotopic (exact) mass is 393 g/mol. The number of phenolic OH excluding ortho intramolecular Hbond substituents is 1. The molecule has 0 aliphatic heterocycles. The van der Waals surface area contributed by atoms with E-state index in [1.54, 1.807) is 0 Å². The van der Waals surface area contributed by atoms with E-state index < -0.39 is 9.84 Å². The van der Waals surface area contributed by atoms with Gasteiger partial charge in [0.2, 0.25) is 0 Å². The van der Waals surface area contributed by atoms with Crippen molar-refractivity contribution in [2.75, 3.05) is 11.5 Å². The molecule has 0 unspecified atom stereocenters. The zero-order valence-electron chi connectivity index (χ0n) is 11.9. The standard InChI is InChI=1S/C15H14Cl3NO3S/c16-10-3-5-11(6-4-10)23(21,22)7-1-2-9-8-12(19)15(20)14(18)13(9)17/h3-6,8,20H,1-2,7,19H2. The number of halogens is 3. The van der Waals surface area contributed by atoms with Crippen LogP contribution in [-0.2, 0) is 16.3 Å². The van der Waals surface area contributed by atoms with Gasteiger partial charge in [0.15, 0.2) is 15.6 Å². The Labute approximate surface area is 149 Å². The second kappa shape index (κ2) is 7.18. The Morgan fingerprint density at radius 3 is 2.26 bits per heavy atom. The summed E-state index contributed by atoms with van der Waals surface area (Å²) in [7, 11) is -3.40. The van der Waals surface area contributed by atoms with Crippen LogP contribution in [0.4, 0.5) is 5.69 Å². The fourth-order valence-electron chi connectivity index (χ4n) is 2.09. The van der Waals surface area contributed by atoms with Crippen LogP contribution in [0.2, 0.25) is 15.1 Å². The molecular formula is C15H14Cl3NO3S. The van der Waals surface area contributed by atoms with Gasteiger partial charge < -0.3 is 10.8 Å². The highest BCUT2D eigenvalue weighted by Gasteiger charge is 2.16. The van der Waals surface area contributed by atoms with E-state index in [4.69, 9.17) is 40.5 Å². The number of rotatable bonds is 5. The van der Waals surface area contributed by atoms with Gasteiger partial charge in [-0.1, -0.05) is 34.8 Å². The second-order valence-electron chi connectivity index (χ2n) is 4.98. The first kappa shape index (κ1) is 18.2. The van der Waals surface area contributed by atoms with E-state index in [1.165, 1.54) is 30.3 Å². The largest absolute Gasteiger partial charge is 0.504 e. The first-order valence-electron chi connectivity index (χ1n) is 6.66. The average Bonchev–Trinajstić information content (AvgIpc) is 2.50. The van der Waals surface area contributed by atoms with Crippen LogP contribution >= 0.6 is 34.8 Å². The average molecular weight is 395 g/mol. The highest BCUT2D eigenvalue weighted by molar-refractivity contribution is 7.91. The smallest absolute Gasteiger partial charge is 0.178 e. The highest BCUT2D eigenvalue weighted by atomic mass is 35.5. The molecule has 3 N–H and O–H groups in total. The maximum atomic E-state index is 12.2. The summed E-state index contributed by atoms with van der Waals surface area (Å²) in [6, 6.07) is 7.51. The van der Waals surface area contributed by atoms with Gasteiger partial charge in [0, 0.05) is 5.02 Å². The summed E-state index contributed by atoms with van der Waals surface area (Å²) in [6.45, 7) is 0. The molecule has 2 aromatic carbocycles. The molecule has 0 aliphatic carbocycles. The number of hydrogen-bond acceptors (Lipinski definition) is 4. The van der Waals surface area contributed by atoms with Crippen molar-refractivity contribution in [1.29, 1.82) is 0 Å². The predicted molar refractivity (Wildman–Crippen MR) is 94.4 cm³/mol. The lowest BCUT2D eigenvalue weighted by molar-refractivity contribution is 0.478. The minimum Gasteiger partial charge on any atom is -0.504 e. The van der Waals surface area contributed by atoms with Crippen molar-refractivity contribution in [3.8, 4) is 5.75 Å². The Morgan fingerprint density at radius 1 is 1.04 bits per heavy atom. The van der Waals surface area contributed by atoms with Gasteiger partial charge in [-0.15, -0.1) is 0 Å². The van der Waals surface area contributed by atoms with Crippen molar-refractivity contribution in [3.05, 3.63) is 51.0 Å². The Kier molecular flexibility index (Phi) is 5.68. The third-order valence-electron chi connectivity index (χ3n) is 3.32. The highest BCUT2D eigenvalue weighted by Crippen LogP contribution is 2.39. The number of nitrogens with two attached hydrogens (primary N) is 1. The van der Waals surface area contributed by atoms with E-state index in [9.17, 15) is 13.5 Å². The van der Waals surface area contributed by atoms with Gasteiger partial charge in [0.05, 0.1) is 21.4 Å². The van der Waals surface area contributed by atoms with Crippen LogP contribution in [0.5, 0.6) is 5.75 Å². The Hall–Kier alpha value is -1.14. The number of phenols is 1. The zero-order valence-corrected chi connectivity index (χ0v) is 15.0. The molecule has 0 amide bonds. The van der Waals surface area contributed by atoms with Crippen LogP contribution in [0.1, 0.15) is 12.0 Å². The van der Waals surface area contributed by atoms with E-state index in [-0.39, 0.29) is 32.1 Å². The number of benzene rings is 2. The summed E-state index contributed by atoms with van der Waals surface area (Å²) >= 11 is 17.7. The van der Waals surface area contributed by atoms with Crippen molar-refractivity contribution in [1.82, 2.24) is 0 Å². The normalized spacial score (nSPS) is 11.6. The summed E-state index contributed by atoms with van der Waals surface area (Å²) in [4.78, 5) is 0.219. The first-order valence-corrected chi connectivity index (χ1v) is 9.44. The molecule has 0 fully saturated rings. The van der Waals surface area contributed by atoms with Crippen molar-refractivity contribution in [3.63, 3.8) is 0 Å². The van der Waals surface area contributed by atoms with Crippen molar-refractivity contribution < 1.29 is 13.5 Å². The summed E-state index contributed by atoms with van der Waals surface area (Å²) in [5.74, 6) is -0.321. The molecule has 0 aromatic heterocycles. The fourth-order valence-corrected chi connectivity index (χ4v) is 3.99. The predicted octanol–water partition coefficient (Wildman–Crippen LogP) is 4.34. The Balaban J connectivity index is 2.09. The topological polar surface area (TPSA) is 80.4 Å². The third-order valence-corrected chi connectivity index (χ3v) is 6.28. The van der Waals surface area contributed by atoms with Gasteiger partial charge in [-0.05, 0) is 48.7 Å². The SMILES string of the molecule is Nc1cc(CCCS(=O)(=O)c2ccc(Cl)cc2)c(Cl)c(Cl)c1O. The van der Waals surface area contributed by atoms with Gasteiger partial charge >= 0.3 is 0 Å². The Bertz CT molecular complexity index is 821. The molecule has 23 heavy (non-hydrogen) atoms. The van der Waals surface area contributed by atoms with Gasteiger partial charge in [-0.2, -0.15) is 0 Å². The van der Waals surface area contributed by atoms with Gasteiger partial charge in [0.1, 0.15) is 5.02 Å². The van der Waals surface area contributed by atoms with Crippen LogP contribution in [-0.4, -0.2) is 19.3 Å². The minimum absolute atomic E-state index is 0.0257. The van der Waals surface area contributed by atoms with Crippen LogP contribution < -0.4 is 5.73 Å². The molecule has 0 spiro atoms. The molecule has 0 bridgehead atoms. The van der Waals surface area contributed by atoms with Gasteiger partial charge in [-0.25, -0.2) is 8.42 Å². The molecule has 4 nitrogen and oxygen atoms in total. The summed E-state index contributed by atoms with van der Waals surface area (Å²) in [5.41, 5.74) is 6.33. The maximum absolute atomic E-state index is 12.2. The molecule has 2 rings (SSSR count). The quantitative estimate of drug-likeness (QED) is 0.584. The van der Waals surface area contributed by atoms with Crippen molar-refractivity contribution >= 4 is 50.3 Å². The summed E-state index contributed by atoms with van der Waals surface area (Å²) in [6.07, 6.45) is 0.709. The molecule has 124 valence electrons. The summed E-state index contributed by atoms with van der Waals surface area (Å²) < 4.78 is 24.5. The number of hydrogen-bond donors (Lipinski definition) is 2. The lowest BCUT2D eigenvalue weighted by Gasteiger charge is -2.10. The maximum Gasteiger partial charge on any atom is 0.178 e. The number of aryl methyl sites for hydroxylation is 1. The van der Waals surface area contributed by atoms with Crippen molar-refractivity contribution in [2.45, 2.75) is 17.7 Å². The molecule has 2 aromatic rings. The molecule has 0 aliphatic rings. The molecular weight excluding hydrogens is 381 g/mol. The second-order valence-corrected chi connectivity index (χ2v) is 8.28. The van der Waals surface area contributed by atoms with E-state index in [0.717, 1.165) is 0 Å². The number of anilines is 1. The number of sulfone groups is 1. The Morgan fingerprint density at radius 2 is 1.65 bits per heavy atom. The minimum atomic E-state index is -3.40. The molecule has 0 saturated heterocycles. The van der Waals surface area contributed by atoms with Crippen LogP contribution in [0, 0.1) is 0 Å². The van der Waals surface area contributed by atoms with Crippen molar-refractivity contribution in [2.24, 2.45) is 0 Å². The molecule has 0 saturated carbocycles. The lowest BCUT2D eigenvalue weighted by Crippen LogP contribution is -2.08. The molecule has 0 heterocycles. The van der Waals surface area contributed by atoms with E-state index in [1.807, 2.05) is 0 Å². The first-order chi connectivity index (χ1) is 10.7. The van der Waals surface area contributed by atoms with E-state index in [2.05, 4.69) is 0 Å². The van der Waals surface area contributed by atoms with Gasteiger partial charge in [0.25, 0.3) is 0 Å². The molecule has 8 heteroatoms. The van der Waals surface area contributed by atoms with Crippen LogP contribution in [0.3, 0.4) is 0 Å². The van der Waals surface area contributed by atoms with Crippen LogP contribution in [0.15, 0.2) is 35.2 Å². The zero-order chi connectivity index (χ0) is 17.2. The molecule has 0 radical (unpaired) electrons. The lowest BCUT2D eigenvalue weighted by atomic mass is 10.1.